The smallest absolute Gasteiger partial charge is 0.168 e. The molecule has 0 saturated heterocycles. The fraction of sp³-hybridized carbons (Fsp3) is 0.100. The van der Waals surface area contributed by atoms with Crippen molar-refractivity contribution in [1.82, 2.24) is 0 Å². The number of rotatable bonds is 2. The zero-order chi connectivity index (χ0) is 9.84. The summed E-state index contributed by atoms with van der Waals surface area (Å²) in [5, 5.41) is 0. The zero-order valence-corrected chi connectivity index (χ0v) is 8.84. The van der Waals surface area contributed by atoms with E-state index in [-0.39, 0.29) is 5.78 Å². The highest BCUT2D eigenvalue weighted by molar-refractivity contribution is 9.12. The van der Waals surface area contributed by atoms with E-state index in [0.29, 0.717) is 10.2 Å². The Balaban J connectivity index is 3.11. The van der Waals surface area contributed by atoms with Gasteiger partial charge in [0.25, 0.3) is 0 Å². The minimum Gasteiger partial charge on any atom is -0.397 e. The van der Waals surface area contributed by atoms with E-state index in [9.17, 15) is 4.79 Å². The van der Waals surface area contributed by atoms with E-state index in [2.05, 4.69) is 15.9 Å². The molecule has 0 amide bonds. The monoisotopic (exact) mass is 239 g/mol. The fourth-order valence-corrected chi connectivity index (χ4v) is 1.16. The van der Waals surface area contributed by atoms with Gasteiger partial charge in [-0.25, -0.2) is 0 Å². The van der Waals surface area contributed by atoms with Gasteiger partial charge in [-0.05, 0) is 28.4 Å². The van der Waals surface area contributed by atoms with Gasteiger partial charge in [0.05, 0.1) is 10.2 Å². The summed E-state index contributed by atoms with van der Waals surface area (Å²) in [5.74, 6) is -0.0682. The molecule has 3 heteroatoms. The lowest BCUT2D eigenvalue weighted by atomic mass is 10.1. The van der Waals surface area contributed by atoms with Gasteiger partial charge in [-0.2, -0.15) is 0 Å². The first-order valence-corrected chi connectivity index (χ1v) is 4.64. The van der Waals surface area contributed by atoms with Crippen LogP contribution in [-0.4, -0.2) is 5.78 Å². The number of carbonyl (C=O) groups excluding carboxylic acids is 1. The van der Waals surface area contributed by atoms with Crippen LogP contribution in [0.25, 0.3) is 5.70 Å². The Kier molecular flexibility index (Phi) is 3.25. The Morgan fingerprint density at radius 2 is 1.85 bits per heavy atom. The van der Waals surface area contributed by atoms with Gasteiger partial charge in [0.1, 0.15) is 0 Å². The standard InChI is InChI=1S/C10H10BrNO/c1-7(13)9(11)10(12)8-5-3-2-4-6-8/h2-6H,12H2,1H3/b10-9-. The average Bonchev–Trinajstić information content (AvgIpc) is 2.17. The number of Topliss-reactive ketones (excluding diaryl/α,β-unsaturated/α-hetero) is 1. The van der Waals surface area contributed by atoms with Crippen molar-refractivity contribution in [3.8, 4) is 0 Å². The Labute approximate surface area is 85.6 Å². The summed E-state index contributed by atoms with van der Waals surface area (Å²) in [6, 6.07) is 9.38. The zero-order valence-electron chi connectivity index (χ0n) is 7.25. The molecule has 1 aromatic carbocycles. The number of ketones is 1. The molecule has 0 unspecified atom stereocenters. The van der Waals surface area contributed by atoms with E-state index in [1.807, 2.05) is 30.3 Å². The van der Waals surface area contributed by atoms with Crippen LogP contribution in [0.4, 0.5) is 0 Å². The Morgan fingerprint density at radius 1 is 1.31 bits per heavy atom. The Hall–Kier alpha value is -1.09. The molecule has 0 bridgehead atoms. The molecule has 0 aliphatic heterocycles. The van der Waals surface area contributed by atoms with Gasteiger partial charge in [0.15, 0.2) is 5.78 Å². The molecular formula is C10H10BrNO. The third-order valence-corrected chi connectivity index (χ3v) is 2.62. The summed E-state index contributed by atoms with van der Waals surface area (Å²) in [4.78, 5) is 11.0. The number of halogens is 1. The van der Waals surface area contributed by atoms with Crippen molar-refractivity contribution in [3.05, 3.63) is 40.4 Å². The van der Waals surface area contributed by atoms with Crippen LogP contribution >= 0.6 is 15.9 Å². The number of hydrogen-bond acceptors (Lipinski definition) is 2. The molecule has 1 aromatic rings. The van der Waals surface area contributed by atoms with Crippen molar-refractivity contribution in [2.24, 2.45) is 5.73 Å². The molecule has 0 saturated carbocycles. The van der Waals surface area contributed by atoms with Crippen LogP contribution < -0.4 is 5.73 Å². The maximum atomic E-state index is 11.0. The lowest BCUT2D eigenvalue weighted by Gasteiger charge is -2.02. The van der Waals surface area contributed by atoms with Crippen molar-refractivity contribution in [3.63, 3.8) is 0 Å². The molecule has 0 aliphatic rings. The largest absolute Gasteiger partial charge is 0.397 e. The molecule has 13 heavy (non-hydrogen) atoms. The number of hydrogen-bond donors (Lipinski definition) is 1. The minimum absolute atomic E-state index is 0.0682. The van der Waals surface area contributed by atoms with Crippen LogP contribution in [0.15, 0.2) is 34.8 Å². The van der Waals surface area contributed by atoms with Crippen LogP contribution in [-0.2, 0) is 4.79 Å². The Bertz CT molecular complexity index is 343. The summed E-state index contributed by atoms with van der Waals surface area (Å²) in [7, 11) is 0. The highest BCUT2D eigenvalue weighted by atomic mass is 79.9. The molecule has 2 nitrogen and oxygen atoms in total. The van der Waals surface area contributed by atoms with Crippen LogP contribution in [0.3, 0.4) is 0 Å². The summed E-state index contributed by atoms with van der Waals surface area (Å²) < 4.78 is 0.429. The third-order valence-electron chi connectivity index (χ3n) is 1.63. The Morgan fingerprint density at radius 3 is 2.31 bits per heavy atom. The summed E-state index contributed by atoms with van der Waals surface area (Å²) in [6.45, 7) is 1.47. The van der Waals surface area contributed by atoms with Crippen LogP contribution in [0.1, 0.15) is 12.5 Å². The molecule has 0 aliphatic carbocycles. The van der Waals surface area contributed by atoms with Crippen LogP contribution in [0, 0.1) is 0 Å². The van der Waals surface area contributed by atoms with Crippen LogP contribution in [0.5, 0.6) is 0 Å². The molecule has 2 N–H and O–H groups in total. The van der Waals surface area contributed by atoms with Crippen molar-refractivity contribution in [2.45, 2.75) is 6.92 Å². The molecule has 0 fully saturated rings. The second kappa shape index (κ2) is 4.23. The maximum absolute atomic E-state index is 11.0. The first-order chi connectivity index (χ1) is 6.13. The van der Waals surface area contributed by atoms with Gasteiger partial charge < -0.3 is 5.73 Å². The number of benzene rings is 1. The number of carbonyl (C=O) groups is 1. The highest BCUT2D eigenvalue weighted by Gasteiger charge is 2.06. The molecule has 0 aromatic heterocycles. The van der Waals surface area contributed by atoms with Gasteiger partial charge in [0.2, 0.25) is 0 Å². The van der Waals surface area contributed by atoms with E-state index in [1.165, 1.54) is 6.92 Å². The van der Waals surface area contributed by atoms with Crippen molar-refractivity contribution in [2.75, 3.05) is 0 Å². The number of allylic oxidation sites excluding steroid dienone is 1. The quantitative estimate of drug-likeness (QED) is 0.806. The van der Waals surface area contributed by atoms with Crippen molar-refractivity contribution < 1.29 is 4.79 Å². The highest BCUT2D eigenvalue weighted by Crippen LogP contribution is 2.18. The topological polar surface area (TPSA) is 43.1 Å². The normalized spacial score (nSPS) is 12.2. The molecule has 0 atom stereocenters. The van der Waals surface area contributed by atoms with Gasteiger partial charge in [-0.1, -0.05) is 30.3 Å². The first kappa shape index (κ1) is 9.99. The maximum Gasteiger partial charge on any atom is 0.168 e. The van der Waals surface area contributed by atoms with E-state index in [0.717, 1.165) is 5.56 Å². The van der Waals surface area contributed by atoms with Crippen molar-refractivity contribution >= 4 is 27.4 Å². The second-order valence-corrected chi connectivity index (χ2v) is 3.44. The van der Waals surface area contributed by atoms with Gasteiger partial charge in [0, 0.05) is 0 Å². The van der Waals surface area contributed by atoms with Crippen molar-refractivity contribution in [1.29, 1.82) is 0 Å². The molecule has 1 rings (SSSR count). The van der Waals surface area contributed by atoms with Gasteiger partial charge in [-0.15, -0.1) is 0 Å². The lowest BCUT2D eigenvalue weighted by Crippen LogP contribution is -2.03. The summed E-state index contributed by atoms with van der Waals surface area (Å²) in [6.07, 6.45) is 0. The predicted octanol–water partition coefficient (Wildman–Crippen LogP) is 2.30. The van der Waals surface area contributed by atoms with E-state index >= 15 is 0 Å². The minimum atomic E-state index is -0.0682. The molecule has 0 spiro atoms. The third kappa shape index (κ3) is 2.42. The van der Waals surface area contributed by atoms with Crippen LogP contribution in [0.2, 0.25) is 0 Å². The van der Waals surface area contributed by atoms with E-state index in [4.69, 9.17) is 5.73 Å². The summed E-state index contributed by atoms with van der Waals surface area (Å²) >= 11 is 3.15. The molecule has 68 valence electrons. The SMILES string of the molecule is CC(=O)/C(Br)=C(/N)c1ccccc1. The lowest BCUT2D eigenvalue weighted by molar-refractivity contribution is -0.112. The van der Waals surface area contributed by atoms with Gasteiger partial charge in [-0.3, -0.25) is 4.79 Å². The summed E-state index contributed by atoms with van der Waals surface area (Å²) in [5.41, 5.74) is 7.08. The van der Waals surface area contributed by atoms with E-state index in [1.54, 1.807) is 0 Å². The predicted molar refractivity (Wildman–Crippen MR) is 57.2 cm³/mol. The molecule has 0 heterocycles. The first-order valence-electron chi connectivity index (χ1n) is 3.84. The second-order valence-electron chi connectivity index (χ2n) is 2.65. The number of nitrogens with two attached hydrogens (primary N) is 1. The van der Waals surface area contributed by atoms with Gasteiger partial charge >= 0.3 is 0 Å². The van der Waals surface area contributed by atoms with E-state index < -0.39 is 0 Å². The fourth-order valence-electron chi connectivity index (χ4n) is 0.934. The molecule has 0 radical (unpaired) electrons. The molecular weight excluding hydrogens is 230 g/mol. The average molecular weight is 240 g/mol.